The van der Waals surface area contributed by atoms with Gasteiger partial charge in [0.1, 0.15) is 5.75 Å². The number of fused-ring (bicyclic) bond motifs is 1. The van der Waals surface area contributed by atoms with Crippen molar-refractivity contribution >= 4 is 5.97 Å². The smallest absolute Gasteiger partial charge is 0.328 e. The summed E-state index contributed by atoms with van der Waals surface area (Å²) in [4.78, 5) is 15.8. The zero-order valence-electron chi connectivity index (χ0n) is 9.14. The van der Waals surface area contributed by atoms with E-state index in [1.165, 1.54) is 0 Å². The summed E-state index contributed by atoms with van der Waals surface area (Å²) in [5.74, 6) is 4.74. The number of aromatic hydroxyl groups is 1. The molecule has 1 aromatic carbocycles. The average Bonchev–Trinajstić information content (AvgIpc) is 2.28. The number of benzene rings is 1. The summed E-state index contributed by atoms with van der Waals surface area (Å²) in [5.41, 5.74) is 2.20. The van der Waals surface area contributed by atoms with Crippen LogP contribution in [0.15, 0.2) is 18.2 Å². The summed E-state index contributed by atoms with van der Waals surface area (Å²) < 4.78 is 0. The van der Waals surface area contributed by atoms with Gasteiger partial charge in [-0.15, -0.1) is 0 Å². The van der Waals surface area contributed by atoms with Crippen molar-refractivity contribution in [2.75, 3.05) is 0 Å². The second-order valence-corrected chi connectivity index (χ2v) is 4.25. The van der Waals surface area contributed by atoms with E-state index < -0.39 is 0 Å². The van der Waals surface area contributed by atoms with E-state index in [4.69, 9.17) is 5.90 Å². The van der Waals surface area contributed by atoms with Gasteiger partial charge in [0.05, 0.1) is 5.92 Å². The van der Waals surface area contributed by atoms with Gasteiger partial charge in [-0.05, 0) is 42.0 Å². The molecule has 1 aliphatic rings. The van der Waals surface area contributed by atoms with Gasteiger partial charge in [0.15, 0.2) is 0 Å². The highest BCUT2D eigenvalue weighted by atomic mass is 16.7. The van der Waals surface area contributed by atoms with Gasteiger partial charge >= 0.3 is 5.97 Å². The number of hydrogen-bond acceptors (Lipinski definition) is 4. The van der Waals surface area contributed by atoms with Crippen LogP contribution in [-0.4, -0.2) is 11.1 Å². The fraction of sp³-hybridized carbons (Fsp3) is 0.417. The molecule has 0 saturated carbocycles. The van der Waals surface area contributed by atoms with Gasteiger partial charge in [-0.25, -0.2) is 0 Å². The largest absolute Gasteiger partial charge is 0.508 e. The van der Waals surface area contributed by atoms with Crippen LogP contribution in [-0.2, 0) is 16.1 Å². The van der Waals surface area contributed by atoms with Crippen LogP contribution in [0.1, 0.15) is 30.4 Å². The number of rotatable bonds is 1. The Bertz CT molecular complexity index is 417. The third kappa shape index (κ3) is 1.76. The average molecular weight is 221 g/mol. The van der Waals surface area contributed by atoms with E-state index in [9.17, 15) is 9.90 Å². The summed E-state index contributed by atoms with van der Waals surface area (Å²) in [7, 11) is 0. The fourth-order valence-electron chi connectivity index (χ4n) is 2.44. The number of aryl methyl sites for hydroxylation is 1. The highest BCUT2D eigenvalue weighted by molar-refractivity contribution is 5.74. The maximum atomic E-state index is 11.5. The lowest BCUT2D eigenvalue weighted by Crippen LogP contribution is -2.29. The van der Waals surface area contributed by atoms with Crippen LogP contribution in [0.2, 0.25) is 0 Å². The molecule has 0 amide bonds. The first-order chi connectivity index (χ1) is 7.63. The molecule has 3 N–H and O–H groups in total. The molecule has 2 unspecified atom stereocenters. The Kier molecular flexibility index (Phi) is 2.83. The van der Waals surface area contributed by atoms with E-state index in [-0.39, 0.29) is 23.6 Å². The van der Waals surface area contributed by atoms with Crippen molar-refractivity contribution in [1.29, 1.82) is 0 Å². The van der Waals surface area contributed by atoms with Gasteiger partial charge in [-0.2, -0.15) is 5.90 Å². The van der Waals surface area contributed by atoms with Crippen LogP contribution < -0.4 is 5.90 Å². The van der Waals surface area contributed by atoms with Crippen molar-refractivity contribution in [1.82, 2.24) is 0 Å². The minimum atomic E-state index is -0.355. The zero-order chi connectivity index (χ0) is 11.7. The van der Waals surface area contributed by atoms with Crippen LogP contribution in [0, 0.1) is 5.92 Å². The van der Waals surface area contributed by atoms with Crippen molar-refractivity contribution in [2.24, 2.45) is 11.8 Å². The quantitative estimate of drug-likeness (QED) is 0.704. The monoisotopic (exact) mass is 221 g/mol. The number of carbonyl (C=O) groups excluding carboxylic acids is 1. The number of phenols is 1. The third-order valence-electron chi connectivity index (χ3n) is 3.36. The molecule has 1 aliphatic carbocycles. The van der Waals surface area contributed by atoms with Crippen molar-refractivity contribution < 1.29 is 14.7 Å². The molecule has 2 atom stereocenters. The molecule has 86 valence electrons. The molecule has 4 heteroatoms. The minimum absolute atomic E-state index is 0.0837. The molecule has 0 saturated heterocycles. The number of nitrogens with two attached hydrogens (primary N) is 1. The van der Waals surface area contributed by atoms with Crippen LogP contribution in [0.25, 0.3) is 0 Å². The lowest BCUT2D eigenvalue weighted by atomic mass is 9.76. The number of phenolic OH excluding ortho intramolecular Hbond substituents is 1. The molecule has 4 nitrogen and oxygen atoms in total. The summed E-state index contributed by atoms with van der Waals surface area (Å²) in [6.07, 6.45) is 1.49. The summed E-state index contributed by atoms with van der Waals surface area (Å²) >= 11 is 0. The number of hydrogen-bond donors (Lipinski definition) is 2. The van der Waals surface area contributed by atoms with Gasteiger partial charge in [0.2, 0.25) is 0 Å². The van der Waals surface area contributed by atoms with Crippen molar-refractivity contribution in [3.05, 3.63) is 29.3 Å². The SMILES string of the molecule is CC1c2ccc(O)cc2CCC1C(=O)ON. The molecule has 0 aliphatic heterocycles. The highest BCUT2D eigenvalue weighted by Crippen LogP contribution is 2.37. The summed E-state index contributed by atoms with van der Waals surface area (Å²) in [6.45, 7) is 1.98. The molecular formula is C12H15NO3. The van der Waals surface area contributed by atoms with Crippen LogP contribution >= 0.6 is 0 Å². The zero-order valence-corrected chi connectivity index (χ0v) is 9.14. The predicted molar refractivity (Wildman–Crippen MR) is 58.6 cm³/mol. The maximum absolute atomic E-state index is 11.5. The van der Waals surface area contributed by atoms with E-state index in [2.05, 4.69) is 4.84 Å². The Labute approximate surface area is 94.0 Å². The summed E-state index contributed by atoms with van der Waals surface area (Å²) in [5, 5.41) is 9.38. The molecule has 16 heavy (non-hydrogen) atoms. The standard InChI is InChI=1S/C12H15NO3/c1-7-10-5-3-9(14)6-8(10)2-4-11(7)12(15)16-13/h3,5-7,11,14H,2,4,13H2,1H3. The fourth-order valence-corrected chi connectivity index (χ4v) is 2.44. The molecule has 0 bridgehead atoms. The van der Waals surface area contributed by atoms with E-state index in [0.29, 0.717) is 6.42 Å². The lowest BCUT2D eigenvalue weighted by Gasteiger charge is -2.29. The van der Waals surface area contributed by atoms with Gasteiger partial charge in [0, 0.05) is 0 Å². The Morgan fingerprint density at radius 3 is 3.00 bits per heavy atom. The predicted octanol–water partition coefficient (Wildman–Crippen LogP) is 1.47. The molecule has 0 fully saturated rings. The molecule has 0 aromatic heterocycles. The minimum Gasteiger partial charge on any atom is -0.508 e. The number of carbonyl (C=O) groups is 1. The molecule has 0 radical (unpaired) electrons. The van der Waals surface area contributed by atoms with Gasteiger partial charge in [0.25, 0.3) is 0 Å². The van der Waals surface area contributed by atoms with Crippen molar-refractivity contribution in [3.8, 4) is 5.75 Å². The Balaban J connectivity index is 2.32. The lowest BCUT2D eigenvalue weighted by molar-refractivity contribution is -0.150. The van der Waals surface area contributed by atoms with E-state index >= 15 is 0 Å². The molecule has 2 rings (SSSR count). The highest BCUT2D eigenvalue weighted by Gasteiger charge is 2.32. The Hall–Kier alpha value is -1.55. The second-order valence-electron chi connectivity index (χ2n) is 4.25. The first-order valence-electron chi connectivity index (χ1n) is 5.36. The van der Waals surface area contributed by atoms with Crippen LogP contribution in [0.3, 0.4) is 0 Å². The second kappa shape index (κ2) is 4.14. The third-order valence-corrected chi connectivity index (χ3v) is 3.36. The van der Waals surface area contributed by atoms with E-state index in [1.54, 1.807) is 12.1 Å². The maximum Gasteiger partial charge on any atom is 0.328 e. The normalized spacial score (nSPS) is 23.6. The van der Waals surface area contributed by atoms with Crippen LogP contribution in [0.5, 0.6) is 5.75 Å². The van der Waals surface area contributed by atoms with Crippen molar-refractivity contribution in [3.63, 3.8) is 0 Å². The van der Waals surface area contributed by atoms with Gasteiger partial charge < -0.3 is 9.94 Å². The van der Waals surface area contributed by atoms with E-state index in [0.717, 1.165) is 17.5 Å². The Morgan fingerprint density at radius 1 is 1.56 bits per heavy atom. The van der Waals surface area contributed by atoms with Gasteiger partial charge in [-0.3, -0.25) is 4.79 Å². The first kappa shape index (κ1) is 11.0. The summed E-state index contributed by atoms with van der Waals surface area (Å²) in [6, 6.07) is 5.27. The van der Waals surface area contributed by atoms with Crippen LogP contribution in [0.4, 0.5) is 0 Å². The van der Waals surface area contributed by atoms with Gasteiger partial charge in [-0.1, -0.05) is 13.0 Å². The van der Waals surface area contributed by atoms with Crippen molar-refractivity contribution in [2.45, 2.75) is 25.7 Å². The molecule has 0 heterocycles. The molecule has 0 spiro atoms. The topological polar surface area (TPSA) is 72.5 Å². The first-order valence-corrected chi connectivity index (χ1v) is 5.36. The Morgan fingerprint density at radius 2 is 2.31 bits per heavy atom. The molecular weight excluding hydrogens is 206 g/mol. The van der Waals surface area contributed by atoms with E-state index in [1.807, 2.05) is 13.0 Å². The molecule has 1 aromatic rings.